The van der Waals surface area contributed by atoms with Crippen LogP contribution in [0, 0.1) is 48.3 Å². The molecule has 3 aliphatic rings. The normalized spacial score (nSPS) is 17.4. The lowest BCUT2D eigenvalue weighted by Crippen LogP contribution is -2.51. The summed E-state index contributed by atoms with van der Waals surface area (Å²) in [5.74, 6) is 10.5. The van der Waals surface area contributed by atoms with Gasteiger partial charge in [-0.3, -0.25) is 4.98 Å². The molecule has 3 aromatic rings. The second-order valence-electron chi connectivity index (χ2n) is 26.4. The number of alkyl carbamates (subject to hydrolysis) is 1. The van der Waals surface area contributed by atoms with E-state index in [0.717, 1.165) is 161 Å². The zero-order chi connectivity index (χ0) is 69.8. The number of carbonyl (C=O) groups is 2. The fourth-order valence-corrected chi connectivity index (χ4v) is 12.2. The Kier molecular flexibility index (Phi) is 43.6. The van der Waals surface area contributed by atoms with E-state index < -0.39 is 5.82 Å². The van der Waals surface area contributed by atoms with Gasteiger partial charge < -0.3 is 40.1 Å². The Labute approximate surface area is 572 Å². The molecule has 2 aromatic carbocycles. The lowest BCUT2D eigenvalue weighted by molar-refractivity contribution is -0.107. The molecule has 15 heteroatoms. The van der Waals surface area contributed by atoms with Gasteiger partial charge in [-0.1, -0.05) is 188 Å². The fraction of sp³-hybridized carbons (Fsp3) is 0.608. The number of nitrogens with two attached hydrogens (primary N) is 1. The number of benzene rings is 2. The maximum Gasteiger partial charge on any atom is 0.407 e. The van der Waals surface area contributed by atoms with Crippen molar-refractivity contribution in [3.05, 3.63) is 124 Å². The van der Waals surface area contributed by atoms with Crippen LogP contribution in [-0.4, -0.2) is 85.9 Å². The fourth-order valence-electron chi connectivity index (χ4n) is 12.0. The van der Waals surface area contributed by atoms with Crippen molar-refractivity contribution in [2.75, 3.05) is 50.3 Å². The Morgan fingerprint density at radius 3 is 2.14 bits per heavy atom. The van der Waals surface area contributed by atoms with Crippen LogP contribution < -0.4 is 52.2 Å². The molecule has 1 aliphatic carbocycles. The number of nitrogens with one attached hydrogen (secondary N) is 3. The van der Waals surface area contributed by atoms with Gasteiger partial charge in [0.05, 0.1) is 30.2 Å². The smallest absolute Gasteiger partial charge is 0.407 e. The van der Waals surface area contributed by atoms with Gasteiger partial charge in [0, 0.05) is 86.3 Å². The SMILES string of the molecule is C#Cc1c(F)cc/c(=C/C=C\Cc2ncc(C)c(N3CC4CCC(C3)N4)nc(OCC(C)(CCC(CC)COC(=O)NC3CCC(C)CC3)CC(=C)CC)ncc2P)c1=C.C=CCCC.CCCC(CCC)CCC.CCCC=O.CCc1ccc(CNC)c(N(C)N)c1. The van der Waals surface area contributed by atoms with Crippen molar-refractivity contribution in [1.82, 2.24) is 30.9 Å². The van der Waals surface area contributed by atoms with Crippen LogP contribution >= 0.6 is 9.24 Å². The number of terminal acetylenes is 1. The second-order valence-corrected chi connectivity index (χ2v) is 27.0. The van der Waals surface area contributed by atoms with Crippen molar-refractivity contribution in [2.24, 2.45) is 29.0 Å². The molecule has 5 N–H and O–H groups in total. The Morgan fingerprint density at radius 2 is 1.61 bits per heavy atom. The van der Waals surface area contributed by atoms with Crippen molar-refractivity contribution in [1.29, 1.82) is 0 Å². The van der Waals surface area contributed by atoms with Crippen LogP contribution in [0.2, 0.25) is 0 Å². The zero-order valence-corrected chi connectivity index (χ0v) is 61.9. The van der Waals surface area contributed by atoms with Gasteiger partial charge in [0.1, 0.15) is 17.9 Å². The van der Waals surface area contributed by atoms with Crippen LogP contribution in [0.25, 0.3) is 12.7 Å². The number of allylic oxidation sites excluding steroid dienone is 4. The van der Waals surface area contributed by atoms with Gasteiger partial charge in [0.25, 0.3) is 0 Å². The molecule has 5 atom stereocenters. The maximum absolute atomic E-state index is 14.1. The van der Waals surface area contributed by atoms with E-state index in [1.165, 1.54) is 67.7 Å². The van der Waals surface area contributed by atoms with Gasteiger partial charge in [-0.2, -0.15) is 4.98 Å². The number of unbranched alkanes of at least 4 members (excludes halogenated alkanes) is 2. The van der Waals surface area contributed by atoms with Gasteiger partial charge in [-0.25, -0.2) is 20.0 Å². The van der Waals surface area contributed by atoms with Gasteiger partial charge in [0.2, 0.25) is 0 Å². The molecule has 1 amide bonds. The predicted octanol–water partition coefficient (Wildman–Crippen LogP) is 15.9. The topological polar surface area (TPSA) is 160 Å². The average Bonchev–Trinajstić information content (AvgIpc) is 1.57. The molecular weight excluding hydrogens is 1190 g/mol. The molecule has 3 fully saturated rings. The van der Waals surface area contributed by atoms with Crippen molar-refractivity contribution in [3.8, 4) is 18.4 Å². The van der Waals surface area contributed by atoms with Crippen molar-refractivity contribution < 1.29 is 23.5 Å². The molecule has 1 aromatic heterocycles. The van der Waals surface area contributed by atoms with E-state index in [2.05, 4.69) is 136 Å². The molecule has 2 aliphatic heterocycles. The molecule has 0 radical (unpaired) electrons. The minimum atomic E-state index is -0.451. The minimum Gasteiger partial charge on any atom is -0.463 e. The molecule has 2 saturated heterocycles. The number of piperazine rings is 1. The monoisotopic (exact) mass is 1320 g/mol. The Hall–Kier alpha value is -5.97. The van der Waals surface area contributed by atoms with Crippen molar-refractivity contribution in [2.45, 2.75) is 249 Å². The van der Waals surface area contributed by atoms with E-state index in [1.54, 1.807) is 17.3 Å². The Balaban J connectivity index is 0.000000714. The van der Waals surface area contributed by atoms with Gasteiger partial charge in [-0.15, -0.1) is 22.2 Å². The van der Waals surface area contributed by atoms with E-state index in [1.807, 2.05) is 58.4 Å². The number of ether oxygens (including phenoxy) is 2. The lowest BCUT2D eigenvalue weighted by atomic mass is 9.78. The summed E-state index contributed by atoms with van der Waals surface area (Å²) < 4.78 is 26.6. The van der Waals surface area contributed by atoms with Crippen LogP contribution in [-0.2, 0) is 28.9 Å². The summed E-state index contributed by atoms with van der Waals surface area (Å²) in [4.78, 5) is 39.5. The largest absolute Gasteiger partial charge is 0.463 e. The second kappa shape index (κ2) is 48.7. The van der Waals surface area contributed by atoms with Crippen molar-refractivity contribution >= 4 is 51.1 Å². The van der Waals surface area contributed by atoms with E-state index >= 15 is 0 Å². The van der Waals surface area contributed by atoms with Crippen LogP contribution in [0.15, 0.2) is 79.7 Å². The predicted molar refractivity (Wildman–Crippen MR) is 402 cm³/mol. The summed E-state index contributed by atoms with van der Waals surface area (Å²) in [5, 5.41) is 13.7. The van der Waals surface area contributed by atoms with Crippen LogP contribution in [0.4, 0.5) is 20.7 Å². The molecule has 1 saturated carbocycles. The van der Waals surface area contributed by atoms with Gasteiger partial charge in [0.15, 0.2) is 0 Å². The van der Waals surface area contributed by atoms with Gasteiger partial charge >= 0.3 is 12.1 Å². The molecular formula is C79H127FN9O4P. The van der Waals surface area contributed by atoms with E-state index in [0.29, 0.717) is 49.4 Å². The number of carbonyl (C=O) groups excluding carboxylic acids is 2. The number of aryl methyl sites for hydroxylation is 2. The third kappa shape index (κ3) is 32.6. The van der Waals surface area contributed by atoms with Gasteiger partial charge in [-0.05, 0) is 149 Å². The van der Waals surface area contributed by atoms with Crippen LogP contribution in [0.5, 0.6) is 6.01 Å². The first-order chi connectivity index (χ1) is 45.1. The average molecular weight is 1320 g/mol. The summed E-state index contributed by atoms with van der Waals surface area (Å²) >= 11 is 0. The number of aromatic nitrogens is 3. The third-order valence-electron chi connectivity index (χ3n) is 17.8. The summed E-state index contributed by atoms with van der Waals surface area (Å²) in [5.41, 5.74) is 6.46. The number of amides is 1. The van der Waals surface area contributed by atoms with Crippen LogP contribution in [0.3, 0.4) is 0 Å². The lowest BCUT2D eigenvalue weighted by Gasteiger charge is -2.34. The first-order valence-electron chi connectivity index (χ1n) is 35.7. The highest BCUT2D eigenvalue weighted by Crippen LogP contribution is 2.35. The number of aldehydes is 1. The molecule has 3 heterocycles. The van der Waals surface area contributed by atoms with E-state index in [4.69, 9.17) is 36.7 Å². The number of halogens is 1. The summed E-state index contributed by atoms with van der Waals surface area (Å²) in [6.07, 6.45) is 42.5. The number of fused-ring (bicyclic) bond motifs is 2. The number of hydrogen-bond acceptors (Lipinski definition) is 12. The molecule has 5 unspecified atom stereocenters. The number of rotatable bonds is 31. The number of hydrogen-bond donors (Lipinski definition) is 4. The van der Waals surface area contributed by atoms with E-state index in [9.17, 15) is 14.0 Å². The standard InChI is InChI=1S/C49H68FN6O3P.C11H19N3.C10H22.C5H10.C4H8O/c1-9-33(4)26-49(8,25-24-37(10-2)31-58-48(57)54-39-19-16-34(5)17-20-39)32-59-47-52-28-45(60)44(15-13-12-14-38-18-23-43(50)42(11-3)36(38)7)51-27-35(6)46(55-47)56-29-40-21-22-41(30-56)53-40;1-4-9-5-6-10(8-13-2)11(7-9)14(3)12;1-4-7-10(8-5-2)9-6-3;1-3-5-4-2;1-2-3-4-5/h3,12-14,18,23,27-28,34,37,39-41,53H,4,7,9-10,15-17,19-22,24-26,29-32,60H2,1-2,5-6,8H3,(H,54,57);5-7,13H,4,8,12H2,1-3H3;10H,4-9H2,1-3H3;3H,1,4-5H2,2H3;4H,2-3H2,1H3/b13-12-,35-27?,38-14-,45-28?,45-44?,46-35?,51-27?,51-44?,52-28?,52-47?,55-46?,55-47?;;;;. The number of hydrazine groups is 1. The van der Waals surface area contributed by atoms with Crippen LogP contribution in [0.1, 0.15) is 232 Å². The molecule has 13 nitrogen and oxygen atoms in total. The van der Waals surface area contributed by atoms with Crippen molar-refractivity contribution in [3.63, 3.8) is 0 Å². The molecule has 524 valence electrons. The first-order valence-corrected chi connectivity index (χ1v) is 36.2. The third-order valence-corrected chi connectivity index (χ3v) is 18.3. The summed E-state index contributed by atoms with van der Waals surface area (Å²) in [6.45, 7) is 39.3. The summed E-state index contributed by atoms with van der Waals surface area (Å²) in [6, 6.07) is 10.8. The maximum atomic E-state index is 14.1. The highest BCUT2D eigenvalue weighted by atomic mass is 31.0. The highest BCUT2D eigenvalue weighted by molar-refractivity contribution is 7.27. The number of anilines is 2. The number of nitrogens with zero attached hydrogens (tertiary/aromatic N) is 5. The Bertz CT molecular complexity index is 2910. The highest BCUT2D eigenvalue weighted by Gasteiger charge is 2.34. The molecule has 94 heavy (non-hydrogen) atoms. The summed E-state index contributed by atoms with van der Waals surface area (Å²) in [7, 11) is 6.57. The first kappa shape index (κ1) is 84.1. The zero-order valence-electron chi connectivity index (χ0n) is 60.8. The molecule has 2 bridgehead atoms. The quantitative estimate of drug-likeness (QED) is 0.0121. The Morgan fingerprint density at radius 1 is 0.947 bits per heavy atom. The minimum absolute atomic E-state index is 0.173. The molecule has 6 rings (SSSR count). The van der Waals surface area contributed by atoms with E-state index in [-0.39, 0.29) is 29.0 Å². The molecule has 0 spiro atoms.